The Morgan fingerprint density at radius 3 is 2.86 bits per heavy atom. The van der Waals surface area contributed by atoms with Crippen molar-refractivity contribution in [3.8, 4) is 0 Å². The van der Waals surface area contributed by atoms with Gasteiger partial charge in [0.2, 0.25) is 0 Å². The number of aliphatic carboxylic acids is 1. The quantitative estimate of drug-likeness (QED) is 0.573. The molecule has 3 unspecified atom stereocenters. The minimum atomic E-state index is -1.14. The number of thiol groups is 1. The van der Waals surface area contributed by atoms with Gasteiger partial charge in [0, 0.05) is 5.57 Å². The SMILES string of the molecule is C[S+]([O-])C(C)(S)C1CCC=C1C(=O)O. The summed E-state index contributed by atoms with van der Waals surface area (Å²) in [5.41, 5.74) is 0.359. The molecular weight excluding hydrogens is 220 g/mol. The summed E-state index contributed by atoms with van der Waals surface area (Å²) in [5.74, 6) is -1.13. The molecule has 0 heterocycles. The second kappa shape index (κ2) is 4.16. The Bertz CT molecular complexity index is 271. The number of hydrogen-bond acceptors (Lipinski definition) is 3. The van der Waals surface area contributed by atoms with Crippen molar-refractivity contribution in [1.29, 1.82) is 0 Å². The molecule has 0 saturated heterocycles. The topological polar surface area (TPSA) is 60.4 Å². The van der Waals surface area contributed by atoms with Gasteiger partial charge in [0.25, 0.3) is 0 Å². The molecule has 0 aromatic carbocycles. The first-order valence-electron chi connectivity index (χ1n) is 4.36. The first-order valence-corrected chi connectivity index (χ1v) is 6.37. The normalized spacial score (nSPS) is 28.0. The molecule has 0 aliphatic heterocycles. The van der Waals surface area contributed by atoms with E-state index in [-0.39, 0.29) is 5.92 Å². The number of carboxylic acids is 1. The average Bonchev–Trinajstić information content (AvgIpc) is 2.51. The van der Waals surface area contributed by atoms with Crippen LogP contribution in [0.2, 0.25) is 0 Å². The van der Waals surface area contributed by atoms with Gasteiger partial charge in [-0.25, -0.2) is 4.79 Å². The largest absolute Gasteiger partial charge is 0.615 e. The number of allylic oxidation sites excluding steroid dienone is 1. The zero-order valence-corrected chi connectivity index (χ0v) is 9.90. The molecule has 1 N–H and O–H groups in total. The van der Waals surface area contributed by atoms with Gasteiger partial charge in [-0.05, 0) is 30.9 Å². The minimum absolute atomic E-state index is 0.214. The Morgan fingerprint density at radius 1 is 1.86 bits per heavy atom. The molecule has 0 fully saturated rings. The van der Waals surface area contributed by atoms with Crippen LogP contribution in [-0.4, -0.2) is 26.0 Å². The summed E-state index contributed by atoms with van der Waals surface area (Å²) in [6, 6.07) is 0. The molecule has 3 atom stereocenters. The lowest BCUT2D eigenvalue weighted by molar-refractivity contribution is -0.133. The van der Waals surface area contributed by atoms with E-state index in [4.69, 9.17) is 5.11 Å². The zero-order valence-electron chi connectivity index (χ0n) is 8.19. The fraction of sp³-hybridized carbons (Fsp3) is 0.667. The molecule has 5 heteroatoms. The fourth-order valence-electron chi connectivity index (χ4n) is 1.70. The Labute approximate surface area is 92.2 Å². The van der Waals surface area contributed by atoms with E-state index < -0.39 is 21.2 Å². The summed E-state index contributed by atoms with van der Waals surface area (Å²) in [6.07, 6.45) is 4.72. The lowest BCUT2D eigenvalue weighted by atomic mass is 9.98. The van der Waals surface area contributed by atoms with E-state index in [1.54, 1.807) is 19.3 Å². The van der Waals surface area contributed by atoms with Crippen molar-refractivity contribution in [2.75, 3.05) is 6.26 Å². The van der Waals surface area contributed by atoms with Crippen LogP contribution < -0.4 is 0 Å². The van der Waals surface area contributed by atoms with Crippen LogP contribution in [0, 0.1) is 5.92 Å². The van der Waals surface area contributed by atoms with Crippen LogP contribution in [0.25, 0.3) is 0 Å². The molecular formula is C9H14O3S2. The molecule has 80 valence electrons. The van der Waals surface area contributed by atoms with Crippen molar-refractivity contribution in [2.45, 2.75) is 23.8 Å². The van der Waals surface area contributed by atoms with E-state index in [1.807, 2.05) is 0 Å². The third-order valence-corrected chi connectivity index (χ3v) is 5.20. The molecule has 0 spiro atoms. The highest BCUT2D eigenvalue weighted by atomic mass is 32.2. The predicted octanol–water partition coefficient (Wildman–Crippen LogP) is 1.43. The maximum Gasteiger partial charge on any atom is 0.331 e. The summed E-state index contributed by atoms with van der Waals surface area (Å²) < 4.78 is 10.7. The molecule has 0 aromatic rings. The summed E-state index contributed by atoms with van der Waals surface area (Å²) in [6.45, 7) is 1.74. The average molecular weight is 234 g/mol. The monoisotopic (exact) mass is 234 g/mol. The molecule has 1 aliphatic rings. The lowest BCUT2D eigenvalue weighted by Gasteiger charge is -2.31. The molecule has 0 saturated carbocycles. The van der Waals surface area contributed by atoms with Crippen LogP contribution in [0.5, 0.6) is 0 Å². The van der Waals surface area contributed by atoms with E-state index in [9.17, 15) is 9.35 Å². The van der Waals surface area contributed by atoms with Gasteiger partial charge < -0.3 is 9.66 Å². The molecule has 1 aliphatic carbocycles. The Hall–Kier alpha value is -0.130. The molecule has 3 nitrogen and oxygen atoms in total. The van der Waals surface area contributed by atoms with Crippen LogP contribution in [0.3, 0.4) is 0 Å². The van der Waals surface area contributed by atoms with Crippen molar-refractivity contribution in [2.24, 2.45) is 5.92 Å². The second-order valence-corrected chi connectivity index (χ2v) is 6.59. The van der Waals surface area contributed by atoms with E-state index in [2.05, 4.69) is 12.6 Å². The predicted molar refractivity (Wildman–Crippen MR) is 59.9 cm³/mol. The third kappa shape index (κ3) is 2.10. The molecule has 0 amide bonds. The lowest BCUT2D eigenvalue weighted by Crippen LogP contribution is -2.38. The number of rotatable bonds is 3. The smallest absolute Gasteiger partial charge is 0.331 e. The maximum absolute atomic E-state index is 11.4. The first-order chi connectivity index (χ1) is 6.37. The van der Waals surface area contributed by atoms with Crippen molar-refractivity contribution in [3.63, 3.8) is 0 Å². The standard InChI is InChI=1S/C9H14O3S2/c1-9(13,14(2)12)7-5-3-4-6(7)8(10)11/h4,7,13H,3,5H2,1-2H3,(H,10,11). The van der Waals surface area contributed by atoms with Gasteiger partial charge in [-0.3, -0.25) is 0 Å². The summed E-state index contributed by atoms with van der Waals surface area (Å²) in [4.78, 5) is 10.9. The van der Waals surface area contributed by atoms with E-state index in [1.165, 1.54) is 0 Å². The van der Waals surface area contributed by atoms with Crippen LogP contribution in [0.4, 0.5) is 0 Å². The van der Waals surface area contributed by atoms with Gasteiger partial charge in [-0.15, -0.1) is 12.6 Å². The third-order valence-electron chi connectivity index (χ3n) is 2.67. The van der Waals surface area contributed by atoms with Gasteiger partial charge in [0.1, 0.15) is 0 Å². The first kappa shape index (κ1) is 11.9. The fourth-order valence-corrected chi connectivity index (χ4v) is 2.61. The molecule has 0 radical (unpaired) electrons. The summed E-state index contributed by atoms with van der Waals surface area (Å²) in [7, 11) is 0. The highest BCUT2D eigenvalue weighted by Gasteiger charge is 2.44. The number of hydrogen-bond donors (Lipinski definition) is 2. The van der Waals surface area contributed by atoms with Crippen molar-refractivity contribution in [1.82, 2.24) is 0 Å². The van der Waals surface area contributed by atoms with Gasteiger partial charge in [0.05, 0.1) is 12.2 Å². The van der Waals surface area contributed by atoms with E-state index >= 15 is 0 Å². The van der Waals surface area contributed by atoms with Crippen LogP contribution in [0.15, 0.2) is 11.6 Å². The summed E-state index contributed by atoms with van der Waals surface area (Å²) in [5, 5.41) is 8.93. The zero-order chi connectivity index (χ0) is 10.9. The highest BCUT2D eigenvalue weighted by Crippen LogP contribution is 2.41. The maximum atomic E-state index is 11.4. The number of carboxylic acid groups (broad SMARTS) is 1. The van der Waals surface area contributed by atoms with Crippen molar-refractivity contribution >= 4 is 29.8 Å². The molecule has 0 aromatic heterocycles. The number of carbonyl (C=O) groups is 1. The second-order valence-electron chi connectivity index (χ2n) is 3.60. The molecule has 14 heavy (non-hydrogen) atoms. The summed E-state index contributed by atoms with van der Waals surface area (Å²) >= 11 is 3.18. The van der Waals surface area contributed by atoms with Gasteiger partial charge >= 0.3 is 5.97 Å². The van der Waals surface area contributed by atoms with Crippen LogP contribution >= 0.6 is 12.6 Å². The van der Waals surface area contributed by atoms with Crippen molar-refractivity contribution < 1.29 is 14.5 Å². The van der Waals surface area contributed by atoms with E-state index in [0.717, 1.165) is 12.8 Å². The molecule has 1 rings (SSSR count). The highest BCUT2D eigenvalue weighted by molar-refractivity contribution is 8.05. The van der Waals surface area contributed by atoms with E-state index in [0.29, 0.717) is 5.57 Å². The van der Waals surface area contributed by atoms with Crippen LogP contribution in [-0.2, 0) is 16.0 Å². The van der Waals surface area contributed by atoms with Crippen LogP contribution in [0.1, 0.15) is 19.8 Å². The van der Waals surface area contributed by atoms with Crippen molar-refractivity contribution in [3.05, 3.63) is 11.6 Å². The molecule has 0 bridgehead atoms. The minimum Gasteiger partial charge on any atom is -0.615 e. The Kier molecular flexibility index (Phi) is 3.55. The Balaban J connectivity index is 2.89. The van der Waals surface area contributed by atoms with Gasteiger partial charge in [0.15, 0.2) is 4.08 Å². The van der Waals surface area contributed by atoms with Gasteiger partial charge in [-0.1, -0.05) is 6.08 Å². The Morgan fingerprint density at radius 2 is 2.43 bits per heavy atom. The van der Waals surface area contributed by atoms with Gasteiger partial charge in [-0.2, -0.15) is 0 Å².